The minimum absolute atomic E-state index is 0.463. The Morgan fingerprint density at radius 1 is 1.45 bits per heavy atom. The number of rotatable bonds is 6. The lowest BCUT2D eigenvalue weighted by Crippen LogP contribution is -2.30. The summed E-state index contributed by atoms with van der Waals surface area (Å²) >= 11 is 3.38. The highest BCUT2D eigenvalue weighted by atomic mass is 79.9. The average Bonchev–Trinajstić information content (AvgIpc) is 2.86. The zero-order valence-corrected chi connectivity index (χ0v) is 13.4. The largest absolute Gasteiger partial charge is 0.494 e. The van der Waals surface area contributed by atoms with Crippen LogP contribution in [0, 0.1) is 11.3 Å². The lowest BCUT2D eigenvalue weighted by Gasteiger charge is -2.24. The number of hydrogen-bond donors (Lipinski definition) is 1. The van der Waals surface area contributed by atoms with Crippen LogP contribution in [0.2, 0.25) is 0 Å². The number of halogens is 1. The van der Waals surface area contributed by atoms with Gasteiger partial charge in [0.05, 0.1) is 12.0 Å². The minimum atomic E-state index is -0.659. The van der Waals surface area contributed by atoms with Crippen LogP contribution in [0.3, 0.4) is 0 Å². The topological polar surface area (TPSA) is 46.5 Å². The molecule has 4 heteroatoms. The van der Waals surface area contributed by atoms with Crippen molar-refractivity contribution < 1.29 is 14.6 Å². The van der Waals surface area contributed by atoms with Gasteiger partial charge in [-0.05, 0) is 55.9 Å². The number of carboxylic acid groups (broad SMARTS) is 1. The van der Waals surface area contributed by atoms with E-state index in [1.165, 1.54) is 0 Å². The first-order valence-corrected chi connectivity index (χ1v) is 7.97. The van der Waals surface area contributed by atoms with Gasteiger partial charge in [0.25, 0.3) is 0 Å². The molecule has 0 radical (unpaired) electrons. The Morgan fingerprint density at radius 3 is 2.70 bits per heavy atom. The Hall–Kier alpha value is -1.03. The van der Waals surface area contributed by atoms with Crippen molar-refractivity contribution in [3.8, 4) is 5.75 Å². The molecule has 1 saturated carbocycles. The van der Waals surface area contributed by atoms with Gasteiger partial charge in [0.15, 0.2) is 0 Å². The smallest absolute Gasteiger partial charge is 0.309 e. The monoisotopic (exact) mass is 340 g/mol. The number of carboxylic acids is 1. The normalized spacial score (nSPS) is 25.6. The Bertz CT molecular complexity index is 457. The second-order valence-electron chi connectivity index (χ2n) is 5.65. The van der Waals surface area contributed by atoms with Crippen molar-refractivity contribution in [2.75, 3.05) is 6.61 Å². The van der Waals surface area contributed by atoms with E-state index in [0.29, 0.717) is 18.9 Å². The average molecular weight is 341 g/mol. The highest BCUT2D eigenvalue weighted by molar-refractivity contribution is 9.10. The zero-order valence-electron chi connectivity index (χ0n) is 11.8. The van der Waals surface area contributed by atoms with Crippen molar-refractivity contribution in [1.82, 2.24) is 0 Å². The molecule has 0 heterocycles. The second kappa shape index (κ2) is 6.61. The molecule has 1 aliphatic carbocycles. The first-order chi connectivity index (χ1) is 9.55. The van der Waals surface area contributed by atoms with E-state index in [2.05, 4.69) is 22.9 Å². The van der Waals surface area contributed by atoms with E-state index in [9.17, 15) is 9.90 Å². The van der Waals surface area contributed by atoms with Crippen LogP contribution >= 0.6 is 15.9 Å². The van der Waals surface area contributed by atoms with Crippen LogP contribution in [-0.2, 0) is 4.79 Å². The van der Waals surface area contributed by atoms with Gasteiger partial charge in [-0.2, -0.15) is 0 Å². The Kier molecular flexibility index (Phi) is 5.08. The van der Waals surface area contributed by atoms with Gasteiger partial charge in [-0.15, -0.1) is 0 Å². The third-order valence-corrected chi connectivity index (χ3v) is 4.93. The summed E-state index contributed by atoms with van der Waals surface area (Å²) in [7, 11) is 0. The van der Waals surface area contributed by atoms with E-state index >= 15 is 0 Å². The lowest BCUT2D eigenvalue weighted by molar-refractivity contribution is -0.149. The molecule has 0 spiro atoms. The molecule has 3 nitrogen and oxygen atoms in total. The van der Waals surface area contributed by atoms with Crippen molar-refractivity contribution in [2.45, 2.75) is 39.0 Å². The van der Waals surface area contributed by atoms with E-state index in [1.54, 1.807) is 0 Å². The molecule has 1 aliphatic rings. The molecule has 0 aliphatic heterocycles. The number of benzene rings is 1. The van der Waals surface area contributed by atoms with Gasteiger partial charge in [0, 0.05) is 4.47 Å². The predicted molar refractivity (Wildman–Crippen MR) is 82.0 cm³/mol. The summed E-state index contributed by atoms with van der Waals surface area (Å²) in [6.07, 6.45) is 4.27. The molecule has 1 fully saturated rings. The summed E-state index contributed by atoms with van der Waals surface area (Å²) in [5, 5.41) is 9.55. The molecule has 110 valence electrons. The van der Waals surface area contributed by atoms with Crippen molar-refractivity contribution >= 4 is 21.9 Å². The minimum Gasteiger partial charge on any atom is -0.494 e. The summed E-state index contributed by atoms with van der Waals surface area (Å²) in [4.78, 5) is 11.6. The molecule has 1 N–H and O–H groups in total. The van der Waals surface area contributed by atoms with Crippen LogP contribution in [0.5, 0.6) is 5.75 Å². The number of ether oxygens (including phenoxy) is 1. The van der Waals surface area contributed by atoms with Crippen molar-refractivity contribution in [3.05, 3.63) is 28.7 Å². The number of aliphatic carboxylic acids is 1. The van der Waals surface area contributed by atoms with E-state index in [1.807, 2.05) is 24.3 Å². The van der Waals surface area contributed by atoms with Crippen molar-refractivity contribution in [1.29, 1.82) is 0 Å². The fourth-order valence-electron chi connectivity index (χ4n) is 3.01. The molecule has 2 atom stereocenters. The molecule has 0 saturated heterocycles. The highest BCUT2D eigenvalue weighted by Crippen LogP contribution is 2.45. The molecule has 2 rings (SSSR count). The van der Waals surface area contributed by atoms with E-state index in [0.717, 1.165) is 35.9 Å². The van der Waals surface area contributed by atoms with E-state index in [4.69, 9.17) is 4.74 Å². The maximum atomic E-state index is 11.6. The first kappa shape index (κ1) is 15.4. The summed E-state index contributed by atoms with van der Waals surface area (Å²) < 4.78 is 6.69. The van der Waals surface area contributed by atoms with Gasteiger partial charge >= 0.3 is 5.97 Å². The lowest BCUT2D eigenvalue weighted by atomic mass is 9.82. The van der Waals surface area contributed by atoms with Gasteiger partial charge < -0.3 is 9.84 Å². The van der Waals surface area contributed by atoms with Gasteiger partial charge in [0.2, 0.25) is 0 Å². The SMILES string of the molecule is CCC1CCC(CCOc2ccc(Br)cc2)(C(=O)O)C1. The van der Waals surface area contributed by atoms with Gasteiger partial charge in [-0.25, -0.2) is 0 Å². The maximum absolute atomic E-state index is 11.6. The molecule has 1 aromatic rings. The summed E-state index contributed by atoms with van der Waals surface area (Å²) in [5.41, 5.74) is -0.573. The standard InChI is InChI=1S/C16H21BrO3/c1-2-12-7-8-16(11-12,15(18)19)9-10-20-14-5-3-13(17)4-6-14/h3-6,12H,2,7-11H2,1H3,(H,18,19). The fourth-order valence-corrected chi connectivity index (χ4v) is 3.27. The summed E-state index contributed by atoms with van der Waals surface area (Å²) in [5.74, 6) is 0.686. The molecule has 0 amide bonds. The molecule has 20 heavy (non-hydrogen) atoms. The van der Waals surface area contributed by atoms with Crippen molar-refractivity contribution in [2.24, 2.45) is 11.3 Å². The Labute approximate surface area is 128 Å². The summed E-state index contributed by atoms with van der Waals surface area (Å²) in [6.45, 7) is 2.60. The van der Waals surface area contributed by atoms with E-state index in [-0.39, 0.29) is 0 Å². The molecule has 0 bridgehead atoms. The summed E-state index contributed by atoms with van der Waals surface area (Å²) in [6, 6.07) is 7.62. The van der Waals surface area contributed by atoms with Crippen LogP contribution in [0.1, 0.15) is 39.0 Å². The predicted octanol–water partition coefficient (Wildman–Crippen LogP) is 4.50. The fraction of sp³-hybridized carbons (Fsp3) is 0.562. The van der Waals surface area contributed by atoms with Gasteiger partial charge in [-0.1, -0.05) is 29.3 Å². The van der Waals surface area contributed by atoms with Crippen LogP contribution in [-0.4, -0.2) is 17.7 Å². The van der Waals surface area contributed by atoms with Crippen LogP contribution in [0.15, 0.2) is 28.7 Å². The van der Waals surface area contributed by atoms with Crippen LogP contribution < -0.4 is 4.74 Å². The number of hydrogen-bond acceptors (Lipinski definition) is 2. The highest BCUT2D eigenvalue weighted by Gasteiger charge is 2.44. The Morgan fingerprint density at radius 2 is 2.15 bits per heavy atom. The molecule has 2 unspecified atom stereocenters. The third-order valence-electron chi connectivity index (χ3n) is 4.40. The van der Waals surface area contributed by atoms with Crippen LogP contribution in [0.25, 0.3) is 0 Å². The van der Waals surface area contributed by atoms with Crippen molar-refractivity contribution in [3.63, 3.8) is 0 Å². The molecule has 0 aromatic heterocycles. The second-order valence-corrected chi connectivity index (χ2v) is 6.57. The zero-order chi connectivity index (χ0) is 14.6. The first-order valence-electron chi connectivity index (χ1n) is 7.17. The maximum Gasteiger partial charge on any atom is 0.309 e. The Balaban J connectivity index is 1.90. The third kappa shape index (κ3) is 3.54. The molecular formula is C16H21BrO3. The molecular weight excluding hydrogens is 320 g/mol. The van der Waals surface area contributed by atoms with Gasteiger partial charge in [0.1, 0.15) is 5.75 Å². The molecule has 1 aromatic carbocycles. The van der Waals surface area contributed by atoms with E-state index < -0.39 is 11.4 Å². The van der Waals surface area contributed by atoms with Crippen LogP contribution in [0.4, 0.5) is 0 Å². The quantitative estimate of drug-likeness (QED) is 0.829. The van der Waals surface area contributed by atoms with Gasteiger partial charge in [-0.3, -0.25) is 4.79 Å². The number of carbonyl (C=O) groups is 1.